The highest BCUT2D eigenvalue weighted by molar-refractivity contribution is 7.98. The van der Waals surface area contributed by atoms with Crippen molar-refractivity contribution in [3.8, 4) is 0 Å². The fourth-order valence-electron chi connectivity index (χ4n) is 0.951. The maximum absolute atomic E-state index is 11.7. The Morgan fingerprint density at radius 3 is 2.41 bits per heavy atom. The van der Waals surface area contributed by atoms with Crippen molar-refractivity contribution in [2.24, 2.45) is 5.73 Å². The Labute approximate surface area is 106 Å². The van der Waals surface area contributed by atoms with Gasteiger partial charge < -0.3 is 11.1 Å². The van der Waals surface area contributed by atoms with Crippen LogP contribution in [0.5, 0.6) is 0 Å². The van der Waals surface area contributed by atoms with Crippen LogP contribution in [0.1, 0.15) is 27.2 Å². The van der Waals surface area contributed by atoms with E-state index in [0.717, 1.165) is 5.75 Å². The smallest absolute Gasteiger partial charge is 0.312 e. The predicted molar refractivity (Wildman–Crippen MR) is 68.5 cm³/mol. The summed E-state index contributed by atoms with van der Waals surface area (Å²) in [4.78, 5) is 27.6. The van der Waals surface area contributed by atoms with Gasteiger partial charge in [-0.25, -0.2) is 10.3 Å². The molecule has 0 aromatic heterocycles. The molecule has 0 spiro atoms. The first-order valence-corrected chi connectivity index (χ1v) is 6.68. The molecule has 0 radical (unpaired) electrons. The Bertz CT molecular complexity index is 266. The van der Waals surface area contributed by atoms with E-state index in [2.05, 4.69) is 10.8 Å². The molecule has 0 aliphatic carbocycles. The van der Waals surface area contributed by atoms with Crippen LogP contribution < -0.4 is 16.5 Å². The molecular weight excluding hydrogens is 242 g/mol. The van der Waals surface area contributed by atoms with E-state index >= 15 is 0 Å². The number of nitrogens with one attached hydrogen (secondary N) is 2. The topological polar surface area (TPSA) is 93.5 Å². The average molecular weight is 263 g/mol. The van der Waals surface area contributed by atoms with Crippen molar-refractivity contribution in [2.75, 3.05) is 12.0 Å². The quantitative estimate of drug-likeness (QED) is 0.612. The molecule has 0 fully saturated rings. The molecule has 100 valence electrons. The third kappa shape index (κ3) is 8.82. The fraction of sp³-hybridized carbons (Fsp3) is 0.800. The van der Waals surface area contributed by atoms with E-state index in [1.807, 2.05) is 27.0 Å². The molecule has 0 saturated heterocycles. The number of hydroxylamine groups is 1. The van der Waals surface area contributed by atoms with E-state index < -0.39 is 23.6 Å². The minimum absolute atomic E-state index is 0.396. The Kier molecular flexibility index (Phi) is 6.98. The summed E-state index contributed by atoms with van der Waals surface area (Å²) < 4.78 is 0. The van der Waals surface area contributed by atoms with E-state index in [0.29, 0.717) is 6.42 Å². The zero-order chi connectivity index (χ0) is 13.5. The molecule has 3 amide bonds. The number of carbonyl (C=O) groups excluding carboxylic acids is 2. The van der Waals surface area contributed by atoms with Gasteiger partial charge in [0.2, 0.25) is 0 Å². The lowest BCUT2D eigenvalue weighted by Gasteiger charge is -2.22. The van der Waals surface area contributed by atoms with Gasteiger partial charge >= 0.3 is 6.03 Å². The number of rotatable bonds is 6. The first-order chi connectivity index (χ1) is 7.76. The molecule has 0 saturated carbocycles. The van der Waals surface area contributed by atoms with Gasteiger partial charge in [0, 0.05) is 0 Å². The van der Waals surface area contributed by atoms with E-state index in [9.17, 15) is 9.59 Å². The second-order valence-electron chi connectivity index (χ2n) is 4.52. The van der Waals surface area contributed by atoms with Crippen molar-refractivity contribution < 1.29 is 14.4 Å². The summed E-state index contributed by atoms with van der Waals surface area (Å²) in [6, 6.07) is -1.38. The van der Waals surface area contributed by atoms with Crippen molar-refractivity contribution >= 4 is 23.7 Å². The number of amides is 3. The molecule has 17 heavy (non-hydrogen) atoms. The summed E-state index contributed by atoms with van der Waals surface area (Å²) in [6.07, 6.45) is 2.42. The van der Waals surface area contributed by atoms with Gasteiger partial charge in [0.05, 0.1) is 5.60 Å². The van der Waals surface area contributed by atoms with Gasteiger partial charge in [0.25, 0.3) is 5.91 Å². The lowest BCUT2D eigenvalue weighted by atomic mass is 10.2. The maximum atomic E-state index is 11.7. The van der Waals surface area contributed by atoms with E-state index in [1.165, 1.54) is 0 Å². The number of carbonyl (C=O) groups is 2. The normalized spacial score (nSPS) is 12.9. The minimum Gasteiger partial charge on any atom is -0.352 e. The van der Waals surface area contributed by atoms with Crippen molar-refractivity contribution in [3.05, 3.63) is 0 Å². The first-order valence-electron chi connectivity index (χ1n) is 5.29. The number of nitrogens with two attached hydrogens (primary N) is 1. The first kappa shape index (κ1) is 16.1. The third-order valence-electron chi connectivity index (χ3n) is 1.70. The predicted octanol–water partition coefficient (Wildman–Crippen LogP) is 0.623. The summed E-state index contributed by atoms with van der Waals surface area (Å²) in [7, 11) is 0. The summed E-state index contributed by atoms with van der Waals surface area (Å²) in [5.41, 5.74) is 6.85. The van der Waals surface area contributed by atoms with Gasteiger partial charge in [0.15, 0.2) is 0 Å². The summed E-state index contributed by atoms with van der Waals surface area (Å²) in [5.74, 6) is 0.348. The zero-order valence-electron chi connectivity index (χ0n) is 10.7. The lowest BCUT2D eigenvalue weighted by Crippen LogP contribution is -2.50. The van der Waals surface area contributed by atoms with Crippen molar-refractivity contribution in [1.82, 2.24) is 10.8 Å². The molecule has 7 heteroatoms. The molecular formula is C10H21N3O3S. The van der Waals surface area contributed by atoms with Crippen LogP contribution in [0.25, 0.3) is 0 Å². The Hall–Kier alpha value is -0.950. The molecule has 1 atom stereocenters. The number of thioether (sulfide) groups is 1. The van der Waals surface area contributed by atoms with Gasteiger partial charge in [-0.15, -0.1) is 0 Å². The standard InChI is InChI=1S/C10H21N3O3S/c1-10(2,3)16-13-8(14)7(5-6-17-4)12-9(11)15/h7H,5-6H2,1-4H3,(H,13,14)(H3,11,12,15). The van der Waals surface area contributed by atoms with Gasteiger partial charge in [-0.2, -0.15) is 11.8 Å². The fourth-order valence-corrected chi connectivity index (χ4v) is 1.42. The second kappa shape index (κ2) is 7.39. The molecule has 0 rings (SSSR count). The van der Waals surface area contributed by atoms with Crippen LogP contribution in [-0.2, 0) is 9.63 Å². The van der Waals surface area contributed by atoms with Crippen LogP contribution in [0, 0.1) is 0 Å². The van der Waals surface area contributed by atoms with Crippen molar-refractivity contribution in [1.29, 1.82) is 0 Å². The van der Waals surface area contributed by atoms with Crippen LogP contribution >= 0.6 is 11.8 Å². The zero-order valence-corrected chi connectivity index (χ0v) is 11.5. The van der Waals surface area contributed by atoms with Gasteiger partial charge in [0.1, 0.15) is 6.04 Å². The molecule has 0 aliphatic heterocycles. The lowest BCUT2D eigenvalue weighted by molar-refractivity contribution is -0.147. The number of primary amides is 1. The van der Waals surface area contributed by atoms with Gasteiger partial charge in [-0.05, 0) is 39.2 Å². The van der Waals surface area contributed by atoms with Crippen molar-refractivity contribution in [3.63, 3.8) is 0 Å². The van der Waals surface area contributed by atoms with Gasteiger partial charge in [-0.3, -0.25) is 9.63 Å². The molecule has 0 heterocycles. The number of urea groups is 1. The molecule has 0 aromatic carbocycles. The maximum Gasteiger partial charge on any atom is 0.312 e. The third-order valence-corrected chi connectivity index (χ3v) is 2.35. The van der Waals surface area contributed by atoms with Crippen molar-refractivity contribution in [2.45, 2.75) is 38.8 Å². The van der Waals surface area contributed by atoms with Gasteiger partial charge in [-0.1, -0.05) is 0 Å². The molecule has 1 unspecified atom stereocenters. The van der Waals surface area contributed by atoms with E-state index in [1.54, 1.807) is 11.8 Å². The SMILES string of the molecule is CSCCC(NC(N)=O)C(=O)NOC(C)(C)C. The monoisotopic (exact) mass is 263 g/mol. The summed E-state index contributed by atoms with van der Waals surface area (Å²) in [5, 5.41) is 2.38. The van der Waals surface area contributed by atoms with Crippen LogP contribution in [0.2, 0.25) is 0 Å². The highest BCUT2D eigenvalue weighted by Gasteiger charge is 2.21. The average Bonchev–Trinajstić information content (AvgIpc) is 2.19. The number of hydrogen-bond donors (Lipinski definition) is 3. The summed E-state index contributed by atoms with van der Waals surface area (Å²) >= 11 is 1.59. The second-order valence-corrected chi connectivity index (χ2v) is 5.51. The van der Waals surface area contributed by atoms with Crippen LogP contribution in [0.4, 0.5) is 4.79 Å². The Morgan fingerprint density at radius 2 is 2.00 bits per heavy atom. The largest absolute Gasteiger partial charge is 0.352 e. The van der Waals surface area contributed by atoms with E-state index in [-0.39, 0.29) is 0 Å². The van der Waals surface area contributed by atoms with Crippen LogP contribution in [0.15, 0.2) is 0 Å². The van der Waals surface area contributed by atoms with Crippen LogP contribution in [-0.4, -0.2) is 35.6 Å². The molecule has 0 aromatic rings. The Morgan fingerprint density at radius 1 is 1.41 bits per heavy atom. The molecule has 0 aliphatic rings. The Balaban J connectivity index is 4.26. The highest BCUT2D eigenvalue weighted by atomic mass is 32.2. The minimum atomic E-state index is -0.720. The van der Waals surface area contributed by atoms with Crippen LogP contribution in [0.3, 0.4) is 0 Å². The number of hydrogen-bond acceptors (Lipinski definition) is 4. The molecule has 4 N–H and O–H groups in total. The molecule has 6 nitrogen and oxygen atoms in total. The highest BCUT2D eigenvalue weighted by Crippen LogP contribution is 2.05. The van der Waals surface area contributed by atoms with E-state index in [4.69, 9.17) is 10.6 Å². The molecule has 0 bridgehead atoms. The summed E-state index contributed by atoms with van der Waals surface area (Å²) in [6.45, 7) is 5.43.